The second-order valence-electron chi connectivity index (χ2n) is 9.25. The Morgan fingerprint density at radius 3 is 2.74 bits per heavy atom. The average Bonchev–Trinajstić information content (AvgIpc) is 2.84. The summed E-state index contributed by atoms with van der Waals surface area (Å²) in [5.41, 5.74) is 4.98. The molecular formula is C29H37FN2O2S. The van der Waals surface area contributed by atoms with Crippen molar-refractivity contribution in [2.45, 2.75) is 63.2 Å². The molecule has 0 radical (unpaired) electrons. The van der Waals surface area contributed by atoms with Gasteiger partial charge in [-0.1, -0.05) is 37.8 Å². The van der Waals surface area contributed by atoms with Crippen molar-refractivity contribution in [3.05, 3.63) is 53.1 Å². The maximum absolute atomic E-state index is 14.6. The van der Waals surface area contributed by atoms with Crippen LogP contribution in [0.1, 0.15) is 44.2 Å². The lowest BCUT2D eigenvalue weighted by Crippen LogP contribution is -2.38. The SMILES string of the molecule is COc1cc(SC)ccc1NCC#C/C(=C/c1c(C)cccc1NC1CCC(O)CC1F)C(C)C. The zero-order valence-corrected chi connectivity index (χ0v) is 22.1. The number of halogens is 1. The van der Waals surface area contributed by atoms with Crippen LogP contribution in [0.4, 0.5) is 15.8 Å². The summed E-state index contributed by atoms with van der Waals surface area (Å²) in [6.07, 6.45) is 3.98. The molecule has 0 heterocycles. The van der Waals surface area contributed by atoms with E-state index in [1.807, 2.05) is 30.5 Å². The quantitative estimate of drug-likeness (QED) is 0.286. The highest BCUT2D eigenvalue weighted by molar-refractivity contribution is 7.98. The Balaban J connectivity index is 1.78. The van der Waals surface area contributed by atoms with E-state index in [9.17, 15) is 9.50 Å². The molecule has 188 valence electrons. The zero-order chi connectivity index (χ0) is 25.4. The standard InChI is InChI=1S/C29H37FN2O2S/c1-19(2)21(9-7-15-31-28-14-12-23(35-5)18-29(28)34-4)16-24-20(3)8-6-10-26(24)32-27-13-11-22(33)17-25(27)30/h6,8,10,12,14,16,18-19,22,25,27,31-33H,11,13,15,17H2,1-5H3/b21-16-. The lowest BCUT2D eigenvalue weighted by atomic mass is 9.90. The number of aliphatic hydroxyl groups is 1. The molecular weight excluding hydrogens is 459 g/mol. The third kappa shape index (κ3) is 7.43. The van der Waals surface area contributed by atoms with Gasteiger partial charge in [0.05, 0.1) is 31.5 Å². The Bertz CT molecular complexity index is 1090. The highest BCUT2D eigenvalue weighted by Crippen LogP contribution is 2.31. The normalized spacial score (nSPS) is 20.2. The maximum Gasteiger partial charge on any atom is 0.143 e. The molecule has 0 saturated heterocycles. The van der Waals surface area contributed by atoms with Crippen molar-refractivity contribution in [1.82, 2.24) is 0 Å². The summed E-state index contributed by atoms with van der Waals surface area (Å²) >= 11 is 1.68. The molecule has 3 rings (SSSR count). The van der Waals surface area contributed by atoms with Crippen molar-refractivity contribution in [3.8, 4) is 17.6 Å². The molecule has 1 aliphatic carbocycles. The second-order valence-corrected chi connectivity index (χ2v) is 10.1. The van der Waals surface area contributed by atoms with Crippen molar-refractivity contribution in [2.75, 3.05) is 30.5 Å². The number of thioether (sulfide) groups is 1. The fraction of sp³-hybridized carbons (Fsp3) is 0.448. The van der Waals surface area contributed by atoms with Gasteiger partial charge in [0.15, 0.2) is 0 Å². The van der Waals surface area contributed by atoms with Crippen LogP contribution in [0.3, 0.4) is 0 Å². The fourth-order valence-electron chi connectivity index (χ4n) is 4.19. The number of alkyl halides is 1. The predicted molar refractivity (Wildman–Crippen MR) is 147 cm³/mol. The molecule has 0 aromatic heterocycles. The number of anilines is 2. The lowest BCUT2D eigenvalue weighted by molar-refractivity contribution is 0.0765. The monoisotopic (exact) mass is 496 g/mol. The van der Waals surface area contributed by atoms with E-state index in [0.717, 1.165) is 38.7 Å². The van der Waals surface area contributed by atoms with Gasteiger partial charge < -0.3 is 20.5 Å². The van der Waals surface area contributed by atoms with Gasteiger partial charge in [0.2, 0.25) is 0 Å². The van der Waals surface area contributed by atoms with Crippen LogP contribution in [0.25, 0.3) is 6.08 Å². The number of benzene rings is 2. The Morgan fingerprint density at radius 1 is 1.26 bits per heavy atom. The van der Waals surface area contributed by atoms with E-state index in [1.165, 1.54) is 0 Å². The minimum absolute atomic E-state index is 0.190. The molecule has 2 aromatic rings. The minimum Gasteiger partial charge on any atom is -0.495 e. The summed E-state index contributed by atoms with van der Waals surface area (Å²) in [5.74, 6) is 7.63. The van der Waals surface area contributed by atoms with Gasteiger partial charge in [0, 0.05) is 28.1 Å². The summed E-state index contributed by atoms with van der Waals surface area (Å²) in [6.45, 7) is 6.81. The van der Waals surface area contributed by atoms with E-state index >= 15 is 0 Å². The molecule has 1 fully saturated rings. The molecule has 0 aliphatic heterocycles. The van der Waals surface area contributed by atoms with Crippen molar-refractivity contribution in [2.24, 2.45) is 5.92 Å². The van der Waals surface area contributed by atoms with Crippen LogP contribution < -0.4 is 15.4 Å². The van der Waals surface area contributed by atoms with E-state index < -0.39 is 12.3 Å². The molecule has 35 heavy (non-hydrogen) atoms. The first-order valence-electron chi connectivity index (χ1n) is 12.2. The van der Waals surface area contributed by atoms with Crippen LogP contribution >= 0.6 is 11.8 Å². The number of ether oxygens (including phenoxy) is 1. The second kappa shape index (κ2) is 12.9. The topological polar surface area (TPSA) is 53.5 Å². The van der Waals surface area contributed by atoms with Gasteiger partial charge in [0.1, 0.15) is 11.9 Å². The van der Waals surface area contributed by atoms with E-state index in [1.54, 1.807) is 18.9 Å². The number of allylic oxidation sites excluding steroid dienone is 1. The molecule has 1 aliphatic rings. The molecule has 2 aromatic carbocycles. The summed E-state index contributed by atoms with van der Waals surface area (Å²) in [4.78, 5) is 1.15. The van der Waals surface area contributed by atoms with Crippen LogP contribution in [0, 0.1) is 24.7 Å². The van der Waals surface area contributed by atoms with Gasteiger partial charge in [0.25, 0.3) is 0 Å². The predicted octanol–water partition coefficient (Wildman–Crippen LogP) is 6.54. The van der Waals surface area contributed by atoms with Gasteiger partial charge in [-0.25, -0.2) is 4.39 Å². The number of nitrogens with one attached hydrogen (secondary N) is 2. The smallest absolute Gasteiger partial charge is 0.143 e. The maximum atomic E-state index is 14.6. The van der Waals surface area contributed by atoms with Gasteiger partial charge in [-0.3, -0.25) is 0 Å². The molecule has 3 unspecified atom stereocenters. The molecule has 6 heteroatoms. The number of rotatable bonds is 8. The van der Waals surface area contributed by atoms with Gasteiger partial charge in [-0.2, -0.15) is 0 Å². The molecule has 3 atom stereocenters. The Labute approximate surface area is 213 Å². The summed E-state index contributed by atoms with van der Waals surface area (Å²) < 4.78 is 20.1. The van der Waals surface area contributed by atoms with E-state index in [-0.39, 0.29) is 18.4 Å². The molecule has 0 spiro atoms. The first kappa shape index (κ1) is 27.0. The van der Waals surface area contributed by atoms with Crippen LogP contribution in [0.5, 0.6) is 5.75 Å². The van der Waals surface area contributed by atoms with Crippen LogP contribution in [0.15, 0.2) is 46.9 Å². The highest BCUT2D eigenvalue weighted by atomic mass is 32.2. The Morgan fingerprint density at radius 2 is 2.06 bits per heavy atom. The van der Waals surface area contributed by atoms with Crippen molar-refractivity contribution in [1.29, 1.82) is 0 Å². The van der Waals surface area contributed by atoms with E-state index in [0.29, 0.717) is 19.4 Å². The van der Waals surface area contributed by atoms with Gasteiger partial charge >= 0.3 is 0 Å². The van der Waals surface area contributed by atoms with E-state index in [2.05, 4.69) is 61.5 Å². The Kier molecular flexibility index (Phi) is 9.94. The van der Waals surface area contributed by atoms with Crippen molar-refractivity contribution >= 4 is 29.2 Å². The zero-order valence-electron chi connectivity index (χ0n) is 21.3. The number of aryl methyl sites for hydroxylation is 1. The summed E-state index contributed by atoms with van der Waals surface area (Å²) in [7, 11) is 1.67. The summed E-state index contributed by atoms with van der Waals surface area (Å²) in [6, 6.07) is 11.8. The first-order chi connectivity index (χ1) is 16.8. The third-order valence-electron chi connectivity index (χ3n) is 6.34. The van der Waals surface area contributed by atoms with Crippen LogP contribution in [-0.4, -0.2) is 43.3 Å². The molecule has 0 bridgehead atoms. The first-order valence-corrected chi connectivity index (χ1v) is 13.4. The molecule has 4 nitrogen and oxygen atoms in total. The summed E-state index contributed by atoms with van der Waals surface area (Å²) in [5, 5.41) is 16.5. The molecule has 1 saturated carbocycles. The van der Waals surface area contributed by atoms with Crippen molar-refractivity contribution < 1.29 is 14.2 Å². The number of hydrogen-bond acceptors (Lipinski definition) is 5. The highest BCUT2D eigenvalue weighted by Gasteiger charge is 2.29. The van der Waals surface area contributed by atoms with Crippen LogP contribution in [-0.2, 0) is 0 Å². The molecule has 3 N–H and O–H groups in total. The fourth-order valence-corrected chi connectivity index (χ4v) is 4.62. The third-order valence-corrected chi connectivity index (χ3v) is 7.07. The number of methoxy groups -OCH3 is 1. The van der Waals surface area contributed by atoms with Gasteiger partial charge in [-0.05, 0) is 67.8 Å². The lowest BCUT2D eigenvalue weighted by Gasteiger charge is -2.31. The van der Waals surface area contributed by atoms with Gasteiger partial charge in [-0.15, -0.1) is 11.8 Å². The largest absolute Gasteiger partial charge is 0.495 e. The number of hydrogen-bond donors (Lipinski definition) is 3. The van der Waals surface area contributed by atoms with Crippen LogP contribution in [0.2, 0.25) is 0 Å². The van der Waals surface area contributed by atoms with Crippen molar-refractivity contribution in [3.63, 3.8) is 0 Å². The Hall–Kier alpha value is -2.62. The van der Waals surface area contributed by atoms with E-state index in [4.69, 9.17) is 4.74 Å². The average molecular weight is 497 g/mol. The number of aliphatic hydroxyl groups excluding tert-OH is 1. The molecule has 0 amide bonds. The minimum atomic E-state index is -1.06.